The summed E-state index contributed by atoms with van der Waals surface area (Å²) >= 11 is 3.30. The first-order valence-electron chi connectivity index (χ1n) is 5.51. The molecule has 0 spiro atoms. The minimum absolute atomic E-state index is 0.168. The van der Waals surface area contributed by atoms with Gasteiger partial charge in [0.15, 0.2) is 11.6 Å². The maximum Gasteiger partial charge on any atom is 0.338 e. The van der Waals surface area contributed by atoms with Crippen molar-refractivity contribution in [3.05, 3.63) is 46.3 Å². The van der Waals surface area contributed by atoms with Crippen LogP contribution in [0.3, 0.4) is 0 Å². The lowest BCUT2D eigenvalue weighted by atomic mass is 10.2. The lowest BCUT2D eigenvalue weighted by Crippen LogP contribution is -2.05. The fourth-order valence-electron chi connectivity index (χ4n) is 1.55. The summed E-state index contributed by atoms with van der Waals surface area (Å²) < 4.78 is 19.7. The zero-order valence-corrected chi connectivity index (χ0v) is 11.9. The number of hydrogen-bond donors (Lipinski definition) is 2. The number of carboxylic acid groups (broad SMARTS) is 1. The molecule has 104 valence electrons. The smallest absolute Gasteiger partial charge is 0.338 e. The Bertz CT molecular complexity index is 664. The highest BCUT2D eigenvalue weighted by Crippen LogP contribution is 2.30. The Hall–Kier alpha value is -2.15. The van der Waals surface area contributed by atoms with Crippen molar-refractivity contribution >= 4 is 33.4 Å². The van der Waals surface area contributed by atoms with Crippen molar-refractivity contribution in [1.29, 1.82) is 0 Å². The van der Waals surface area contributed by atoms with Crippen LogP contribution in [0.1, 0.15) is 10.4 Å². The van der Waals surface area contributed by atoms with E-state index in [1.807, 2.05) is 0 Å². The van der Waals surface area contributed by atoms with Gasteiger partial charge in [-0.25, -0.2) is 14.2 Å². The highest BCUT2D eigenvalue weighted by molar-refractivity contribution is 9.10. The molecule has 0 radical (unpaired) electrons. The molecule has 1 heterocycles. The number of ether oxygens (including phenoxy) is 1. The third-order valence-electron chi connectivity index (χ3n) is 2.55. The number of carboxylic acids is 1. The largest absolute Gasteiger partial charge is 0.497 e. The Balaban J connectivity index is 2.40. The van der Waals surface area contributed by atoms with Crippen molar-refractivity contribution in [1.82, 2.24) is 4.98 Å². The molecule has 2 rings (SSSR count). The SMILES string of the molecule is COc1ccc(Br)c(Nc2nccc(C(=O)O)c2F)c1. The monoisotopic (exact) mass is 340 g/mol. The standard InChI is InChI=1S/C13H10BrFN2O3/c1-20-7-2-3-9(14)10(6-7)17-12-11(15)8(13(18)19)4-5-16-12/h2-6H,1H3,(H,16,17)(H,18,19). The summed E-state index contributed by atoms with van der Waals surface area (Å²) in [4.78, 5) is 14.7. The number of benzene rings is 1. The average molecular weight is 341 g/mol. The van der Waals surface area contributed by atoms with E-state index in [1.54, 1.807) is 18.2 Å². The van der Waals surface area contributed by atoms with E-state index >= 15 is 0 Å². The maximum absolute atomic E-state index is 14.0. The molecule has 1 aromatic heterocycles. The van der Waals surface area contributed by atoms with Crippen molar-refractivity contribution in [2.45, 2.75) is 0 Å². The topological polar surface area (TPSA) is 71.5 Å². The number of hydrogen-bond acceptors (Lipinski definition) is 4. The van der Waals surface area contributed by atoms with Crippen molar-refractivity contribution in [2.75, 3.05) is 12.4 Å². The zero-order chi connectivity index (χ0) is 14.7. The van der Waals surface area contributed by atoms with Gasteiger partial charge in [0, 0.05) is 16.7 Å². The van der Waals surface area contributed by atoms with E-state index in [4.69, 9.17) is 9.84 Å². The van der Waals surface area contributed by atoms with Gasteiger partial charge in [-0.05, 0) is 34.1 Å². The van der Waals surface area contributed by atoms with E-state index in [0.29, 0.717) is 15.9 Å². The van der Waals surface area contributed by atoms with Crippen LogP contribution < -0.4 is 10.1 Å². The third-order valence-corrected chi connectivity index (χ3v) is 3.24. The number of halogens is 2. The van der Waals surface area contributed by atoms with Crippen LogP contribution >= 0.6 is 15.9 Å². The van der Waals surface area contributed by atoms with Crippen molar-refractivity contribution in [2.24, 2.45) is 0 Å². The molecular formula is C13H10BrFN2O3. The normalized spacial score (nSPS) is 10.2. The van der Waals surface area contributed by atoms with Crippen molar-refractivity contribution in [3.63, 3.8) is 0 Å². The fraction of sp³-hybridized carbons (Fsp3) is 0.0769. The fourth-order valence-corrected chi connectivity index (χ4v) is 1.90. The molecule has 0 aliphatic heterocycles. The first-order chi connectivity index (χ1) is 9.52. The summed E-state index contributed by atoms with van der Waals surface area (Å²) in [5.74, 6) is -1.86. The molecule has 7 heteroatoms. The Morgan fingerprint density at radius 1 is 1.45 bits per heavy atom. The van der Waals surface area contributed by atoms with Crippen LogP contribution in [0.15, 0.2) is 34.9 Å². The van der Waals surface area contributed by atoms with E-state index in [2.05, 4.69) is 26.2 Å². The molecule has 1 aromatic carbocycles. The van der Waals surface area contributed by atoms with E-state index in [1.165, 1.54) is 13.3 Å². The molecule has 0 aliphatic rings. The zero-order valence-electron chi connectivity index (χ0n) is 10.4. The Kier molecular flexibility index (Phi) is 4.19. The van der Waals surface area contributed by atoms with Crippen molar-refractivity contribution in [3.8, 4) is 5.75 Å². The number of aromatic carboxylic acids is 1. The molecular weight excluding hydrogens is 331 g/mol. The number of rotatable bonds is 4. The van der Waals surface area contributed by atoms with Gasteiger partial charge in [0.05, 0.1) is 12.8 Å². The molecule has 0 saturated heterocycles. The van der Waals surface area contributed by atoms with Crippen LogP contribution in [0.5, 0.6) is 5.75 Å². The van der Waals surface area contributed by atoms with Gasteiger partial charge in [0.1, 0.15) is 11.3 Å². The molecule has 0 saturated carbocycles. The van der Waals surface area contributed by atoms with Crippen LogP contribution in [-0.4, -0.2) is 23.2 Å². The number of pyridine rings is 1. The number of carbonyl (C=O) groups is 1. The average Bonchev–Trinajstić information content (AvgIpc) is 2.43. The number of nitrogens with one attached hydrogen (secondary N) is 1. The molecule has 0 bridgehead atoms. The Morgan fingerprint density at radius 3 is 2.85 bits per heavy atom. The first-order valence-corrected chi connectivity index (χ1v) is 6.30. The van der Waals surface area contributed by atoms with E-state index in [0.717, 1.165) is 6.07 Å². The molecule has 0 fully saturated rings. The summed E-state index contributed by atoms with van der Waals surface area (Å²) in [6.07, 6.45) is 1.23. The van der Waals surface area contributed by atoms with Gasteiger partial charge < -0.3 is 15.2 Å². The van der Waals surface area contributed by atoms with Gasteiger partial charge in [-0.3, -0.25) is 0 Å². The number of anilines is 2. The van der Waals surface area contributed by atoms with Crippen LogP contribution in [0.2, 0.25) is 0 Å². The van der Waals surface area contributed by atoms with Crippen LogP contribution in [0.4, 0.5) is 15.9 Å². The van der Waals surface area contributed by atoms with Crippen LogP contribution in [0.25, 0.3) is 0 Å². The second-order valence-electron chi connectivity index (χ2n) is 3.80. The lowest BCUT2D eigenvalue weighted by molar-refractivity contribution is 0.0692. The van der Waals surface area contributed by atoms with Gasteiger partial charge in [0.2, 0.25) is 0 Å². The molecule has 2 N–H and O–H groups in total. The molecule has 0 unspecified atom stereocenters. The quantitative estimate of drug-likeness (QED) is 0.892. The van der Waals surface area contributed by atoms with Gasteiger partial charge in [-0.15, -0.1) is 0 Å². The highest BCUT2D eigenvalue weighted by atomic mass is 79.9. The second-order valence-corrected chi connectivity index (χ2v) is 4.65. The molecule has 0 amide bonds. The van der Waals surface area contributed by atoms with Gasteiger partial charge in [-0.1, -0.05) is 0 Å². The Labute approximate surface area is 122 Å². The number of nitrogens with zero attached hydrogens (tertiary/aromatic N) is 1. The van der Waals surface area contributed by atoms with E-state index in [-0.39, 0.29) is 5.82 Å². The maximum atomic E-state index is 14.0. The van der Waals surface area contributed by atoms with Crippen LogP contribution in [-0.2, 0) is 0 Å². The summed E-state index contributed by atoms with van der Waals surface area (Å²) in [5, 5.41) is 11.6. The van der Waals surface area contributed by atoms with Gasteiger partial charge >= 0.3 is 5.97 Å². The highest BCUT2D eigenvalue weighted by Gasteiger charge is 2.16. The minimum atomic E-state index is -1.35. The summed E-state index contributed by atoms with van der Waals surface area (Å²) in [7, 11) is 1.51. The summed E-state index contributed by atoms with van der Waals surface area (Å²) in [5.41, 5.74) is 0.0693. The van der Waals surface area contributed by atoms with E-state index in [9.17, 15) is 9.18 Å². The third kappa shape index (κ3) is 2.88. The summed E-state index contributed by atoms with van der Waals surface area (Å²) in [6.45, 7) is 0. The molecule has 20 heavy (non-hydrogen) atoms. The molecule has 2 aromatic rings. The lowest BCUT2D eigenvalue weighted by Gasteiger charge is -2.11. The first kappa shape index (κ1) is 14.3. The number of aromatic nitrogens is 1. The second kappa shape index (κ2) is 5.87. The molecule has 0 atom stereocenters. The predicted molar refractivity (Wildman–Crippen MR) is 75.1 cm³/mol. The van der Waals surface area contributed by atoms with Crippen molar-refractivity contribution < 1.29 is 19.0 Å². The summed E-state index contributed by atoms with van der Waals surface area (Å²) in [6, 6.07) is 6.19. The van der Waals surface area contributed by atoms with Gasteiger partial charge in [0.25, 0.3) is 0 Å². The Morgan fingerprint density at radius 2 is 2.20 bits per heavy atom. The molecule has 0 aliphatic carbocycles. The van der Waals surface area contributed by atoms with Crippen LogP contribution in [0, 0.1) is 5.82 Å². The molecule has 5 nitrogen and oxygen atoms in total. The van der Waals surface area contributed by atoms with Gasteiger partial charge in [-0.2, -0.15) is 0 Å². The number of methoxy groups -OCH3 is 1. The minimum Gasteiger partial charge on any atom is -0.497 e. The predicted octanol–water partition coefficient (Wildman–Crippen LogP) is 3.43. The van der Waals surface area contributed by atoms with E-state index < -0.39 is 17.3 Å².